The van der Waals surface area contributed by atoms with E-state index in [4.69, 9.17) is 4.18 Å². The SMILES string of the molecule is Cc1c(Nc2ccc(I)cc2F)c2c(=O)n(C3CC3)c(=O)n(-c3cccc(C(=O)N4CCC4)c3)c2n(C)c1=O.Cc1c(Nc2cccc(C(=O)N3CCC3)c2)c2c(=O)n(C3CC3)c(=O)n(-c3ccc(I)cc3F)c2n(C)c1=O.Cc1ccc(S(=O)(=O)Oc2c(C)c(=O)n(C)c3c2c(=O)n(C2CC2)c(=O)n3-c2ccc(I)cc2F)cc1. The van der Waals surface area contributed by atoms with Gasteiger partial charge in [-0.1, -0.05) is 29.8 Å². The molecule has 6 aromatic heterocycles. The molecular formula is C81H71F3I3N13O14S. The van der Waals surface area contributed by atoms with Crippen LogP contribution in [0.3, 0.4) is 0 Å². The Balaban J connectivity index is 0.000000136. The van der Waals surface area contributed by atoms with Gasteiger partial charge in [0.1, 0.15) is 55.4 Å². The Morgan fingerprint density at radius 1 is 0.443 bits per heavy atom. The Kier molecular flexibility index (Phi) is 21.3. The molecule has 0 atom stereocenters. The van der Waals surface area contributed by atoms with Gasteiger partial charge in [0, 0.05) is 104 Å². The lowest BCUT2D eigenvalue weighted by Crippen LogP contribution is -2.42. The van der Waals surface area contributed by atoms with Crippen LogP contribution in [0.4, 0.5) is 35.9 Å². The number of aryl methyl sites for hydroxylation is 4. The second kappa shape index (κ2) is 30.8. The van der Waals surface area contributed by atoms with E-state index in [1.807, 2.05) is 67.8 Å². The Morgan fingerprint density at radius 2 is 0.843 bits per heavy atom. The normalized spacial score (nSPS) is 14.5. The molecule has 2 saturated heterocycles. The lowest BCUT2D eigenvalue weighted by Gasteiger charge is -2.31. The fourth-order valence-corrected chi connectivity index (χ4v) is 16.7. The van der Waals surface area contributed by atoms with E-state index in [2.05, 4.69) is 10.6 Å². The number of fused-ring (bicyclic) bond motifs is 3. The molecule has 12 aromatic rings. The monoisotopic (exact) mass is 1920 g/mol. The van der Waals surface area contributed by atoms with Crippen LogP contribution < -0.4 is 65.2 Å². The second-order valence-electron chi connectivity index (χ2n) is 29.1. The molecule has 0 bridgehead atoms. The Labute approximate surface area is 691 Å². The molecule has 2 amide bonds. The summed E-state index contributed by atoms with van der Waals surface area (Å²) in [6.07, 6.45) is 5.68. The maximum atomic E-state index is 15.3. The van der Waals surface area contributed by atoms with E-state index < -0.39 is 89.8 Å². The van der Waals surface area contributed by atoms with Crippen molar-refractivity contribution >= 4 is 146 Å². The van der Waals surface area contributed by atoms with Gasteiger partial charge in [-0.2, -0.15) is 8.42 Å². The zero-order valence-electron chi connectivity index (χ0n) is 62.7. The van der Waals surface area contributed by atoms with E-state index in [0.29, 0.717) is 97.9 Å². The van der Waals surface area contributed by atoms with Crippen LogP contribution in [-0.2, 0) is 31.3 Å². The number of amides is 2. The molecule has 0 unspecified atom stereocenters. The topological polar surface area (TPSA) is 306 Å². The van der Waals surface area contributed by atoms with Gasteiger partial charge in [-0.3, -0.25) is 65.8 Å². The summed E-state index contributed by atoms with van der Waals surface area (Å²) >= 11 is 5.90. The molecule has 3 saturated carbocycles. The van der Waals surface area contributed by atoms with E-state index in [1.165, 1.54) is 93.4 Å². The minimum absolute atomic E-state index is 0.00656. The highest BCUT2D eigenvalue weighted by molar-refractivity contribution is 14.1. The molecule has 592 valence electrons. The first kappa shape index (κ1) is 79.5. The highest BCUT2D eigenvalue weighted by atomic mass is 127. The van der Waals surface area contributed by atoms with E-state index in [-0.39, 0.29) is 107 Å². The fourth-order valence-electron chi connectivity index (χ4n) is 14.4. The number of halogens is 6. The number of carbonyl (C=O) groups is 2. The number of nitrogens with one attached hydrogen (secondary N) is 2. The lowest BCUT2D eigenvalue weighted by atomic mass is 10.1. The van der Waals surface area contributed by atoms with Crippen molar-refractivity contribution in [2.24, 2.45) is 21.1 Å². The Bertz CT molecular complexity index is 6930. The van der Waals surface area contributed by atoms with Gasteiger partial charge in [-0.05, 0) is 250 Å². The number of nitrogens with zero attached hydrogens (tertiary/aromatic N) is 11. The van der Waals surface area contributed by atoms with E-state index >= 15 is 8.78 Å². The van der Waals surface area contributed by atoms with E-state index in [9.17, 15) is 65.5 Å². The van der Waals surface area contributed by atoms with Gasteiger partial charge in [0.25, 0.3) is 45.2 Å². The number of benzene rings is 6. The van der Waals surface area contributed by atoms with Crippen LogP contribution in [0.25, 0.3) is 50.2 Å². The second-order valence-corrected chi connectivity index (χ2v) is 34.3. The van der Waals surface area contributed by atoms with Crippen LogP contribution in [0.15, 0.2) is 175 Å². The van der Waals surface area contributed by atoms with Crippen LogP contribution in [0.5, 0.6) is 5.75 Å². The molecule has 2 aliphatic heterocycles. The molecule has 2 N–H and O–H groups in total. The summed E-state index contributed by atoms with van der Waals surface area (Å²) in [5.41, 5.74) is -2.65. The predicted molar refractivity (Wildman–Crippen MR) is 454 cm³/mol. The lowest BCUT2D eigenvalue weighted by molar-refractivity contribution is 0.0645. The van der Waals surface area contributed by atoms with Gasteiger partial charge in [0.2, 0.25) is 0 Å². The molecule has 17 rings (SSSR count). The number of anilines is 4. The first-order valence-corrected chi connectivity index (χ1v) is 41.3. The Morgan fingerprint density at radius 3 is 1.29 bits per heavy atom. The highest BCUT2D eigenvalue weighted by Gasteiger charge is 2.37. The molecular weight excluding hydrogens is 1850 g/mol. The number of aromatic nitrogens is 9. The van der Waals surface area contributed by atoms with Crippen LogP contribution in [-0.4, -0.2) is 97.3 Å². The number of rotatable bonds is 15. The summed E-state index contributed by atoms with van der Waals surface area (Å²) in [7, 11) is -0.171. The molecule has 34 heteroatoms. The number of hydrogen-bond donors (Lipinski definition) is 2. The van der Waals surface area contributed by atoms with Crippen molar-refractivity contribution in [2.45, 2.75) is 102 Å². The summed E-state index contributed by atoms with van der Waals surface area (Å²) in [6, 6.07) is 31.6. The summed E-state index contributed by atoms with van der Waals surface area (Å²) < 4.78 is 89.3. The highest BCUT2D eigenvalue weighted by Crippen LogP contribution is 2.39. The van der Waals surface area contributed by atoms with Crippen molar-refractivity contribution in [3.63, 3.8) is 0 Å². The van der Waals surface area contributed by atoms with Crippen molar-refractivity contribution in [1.82, 2.24) is 50.9 Å². The minimum atomic E-state index is -4.47. The van der Waals surface area contributed by atoms with Gasteiger partial charge >= 0.3 is 27.2 Å². The molecule has 3 aliphatic carbocycles. The van der Waals surface area contributed by atoms with Gasteiger partial charge in [0.05, 0.1) is 39.7 Å². The van der Waals surface area contributed by atoms with Crippen molar-refractivity contribution < 1.29 is 35.4 Å². The molecule has 5 aliphatic rings. The largest absolute Gasteiger partial charge is 0.377 e. The maximum Gasteiger partial charge on any atom is 0.339 e. The molecule has 27 nitrogen and oxygen atoms in total. The molecule has 8 heterocycles. The minimum Gasteiger partial charge on any atom is -0.377 e. The third-order valence-electron chi connectivity index (χ3n) is 21.2. The first-order valence-electron chi connectivity index (χ1n) is 36.7. The molecule has 6 aromatic carbocycles. The third-order valence-corrected chi connectivity index (χ3v) is 24.4. The van der Waals surface area contributed by atoms with Gasteiger partial charge in [0.15, 0.2) is 5.75 Å². The van der Waals surface area contributed by atoms with Crippen molar-refractivity contribution in [3.05, 3.63) is 283 Å². The zero-order valence-corrected chi connectivity index (χ0v) is 69.9. The van der Waals surface area contributed by atoms with E-state index in [1.54, 1.807) is 116 Å². The zero-order chi connectivity index (χ0) is 82.0. The van der Waals surface area contributed by atoms with Crippen LogP contribution in [0.2, 0.25) is 0 Å². The molecule has 0 radical (unpaired) electrons. The number of carbonyl (C=O) groups excluding carboxylic acids is 2. The van der Waals surface area contributed by atoms with Gasteiger partial charge in [-0.15, -0.1) is 0 Å². The quantitative estimate of drug-likeness (QED) is 0.0712. The summed E-state index contributed by atoms with van der Waals surface area (Å²) in [5, 5.41) is 6.06. The average molecular weight is 1920 g/mol. The first-order chi connectivity index (χ1) is 54.8. The van der Waals surface area contributed by atoms with Crippen molar-refractivity contribution in [2.75, 3.05) is 36.8 Å². The number of pyridine rings is 3. The van der Waals surface area contributed by atoms with Gasteiger partial charge < -0.3 is 24.6 Å². The van der Waals surface area contributed by atoms with Gasteiger partial charge in [-0.25, -0.2) is 41.3 Å². The molecule has 5 fully saturated rings. The predicted octanol–water partition coefficient (Wildman–Crippen LogP) is 11.0. The molecule has 115 heavy (non-hydrogen) atoms. The summed E-state index contributed by atoms with van der Waals surface area (Å²) in [5.74, 6) is -2.65. The third kappa shape index (κ3) is 14.5. The molecule has 0 spiro atoms. The van der Waals surface area contributed by atoms with E-state index in [0.717, 1.165) is 36.7 Å². The number of likely N-dealkylation sites (tertiary alicyclic amines) is 2. The number of hydrogen-bond acceptors (Lipinski definition) is 16. The van der Waals surface area contributed by atoms with Crippen LogP contribution >= 0.6 is 67.8 Å². The standard InChI is InChI=1S/2C28H25FIN5O4.C25H21FIN3O6S/c1-15-23(31-21-10-7-17(30)14-20(21)29)22-24(32(2)25(15)36)34(28(39)35(27(22)38)18-8-9-18)19-6-3-5-16(13-19)26(37)33-11-4-12-33;1-15-23(31-18-6-3-5-16(13-18)26(37)33-11-4-12-33)22-24(32(2)25(15)36)35(21-10-7-17(30)14-20(21)29)28(39)34(27(22)38)19-8-9-19;1-13-4-9-17(10-5-13)37(34,35)36-21-14(2)23(31)28(3)22-20(21)24(32)29(16-7-8-16)25(33)30(22)19-11-6-15(27)12-18(19)26/h3,5-7,10,13-14,18,31H,4,8-9,11-12H2,1-2H3;3,5-7,10,13-14,19,31H,4,8-9,11-12H2,1-2H3;4-6,9-12,16H,7-8H2,1-3H3. The summed E-state index contributed by atoms with van der Waals surface area (Å²) in [6.45, 7) is 9.07. The smallest absolute Gasteiger partial charge is 0.339 e. The average Bonchev–Trinajstić information content (AvgIpc) is 1.72. The van der Waals surface area contributed by atoms with Crippen LogP contribution in [0, 0.1) is 55.9 Å². The fraction of sp³-hybridized carbons (Fsp3) is 0.272. The summed E-state index contributed by atoms with van der Waals surface area (Å²) in [4.78, 5) is 152. The Hall–Kier alpha value is -10.7. The van der Waals surface area contributed by atoms with Crippen molar-refractivity contribution in [1.29, 1.82) is 0 Å². The van der Waals surface area contributed by atoms with Crippen LogP contribution in [0.1, 0.15) is 112 Å². The van der Waals surface area contributed by atoms with Crippen molar-refractivity contribution in [3.8, 4) is 22.8 Å². The maximum absolute atomic E-state index is 15.3.